The Balaban J connectivity index is 2.12. The number of carboxylic acid groups (broad SMARTS) is 2. The van der Waals surface area contributed by atoms with Gasteiger partial charge in [-0.25, -0.2) is 14.6 Å². The van der Waals surface area contributed by atoms with Gasteiger partial charge in [0.15, 0.2) is 5.43 Å². The number of nitrogens with zero attached hydrogens (tertiary/aromatic N) is 1. The first-order valence-corrected chi connectivity index (χ1v) is 10.3. The number of carbonyl (C=O) groups is 2. The van der Waals surface area contributed by atoms with Crippen molar-refractivity contribution < 1.29 is 24.2 Å². The number of aromatic carboxylic acids is 2. The lowest BCUT2D eigenvalue weighted by Crippen LogP contribution is -2.09. The minimum Gasteiger partial charge on any atom is -0.477 e. The molecule has 8 heteroatoms. The second-order valence-electron chi connectivity index (χ2n) is 6.88. The summed E-state index contributed by atoms with van der Waals surface area (Å²) in [7, 11) is 0. The molecule has 7 nitrogen and oxygen atoms in total. The third-order valence-electron chi connectivity index (χ3n) is 4.75. The van der Waals surface area contributed by atoms with Crippen molar-refractivity contribution in [2.45, 2.75) is 29.6 Å². The molecule has 0 saturated carbocycles. The van der Waals surface area contributed by atoms with Crippen LogP contribution >= 0.6 is 11.8 Å². The lowest BCUT2D eigenvalue weighted by Gasteiger charge is -2.13. The van der Waals surface area contributed by atoms with Crippen molar-refractivity contribution in [3.8, 4) is 0 Å². The first-order valence-electron chi connectivity index (χ1n) is 9.53. The number of aromatic nitrogens is 1. The number of hydrogen-bond donors (Lipinski definition) is 2. The molecule has 2 heterocycles. The fourth-order valence-corrected chi connectivity index (χ4v) is 4.40. The zero-order chi connectivity index (χ0) is 22.1. The largest absolute Gasteiger partial charge is 0.477 e. The third-order valence-corrected chi connectivity index (χ3v) is 5.82. The molecule has 0 amide bonds. The SMILES string of the molecule is CCCc1c2nc(C(=O)O)cc(Sc3ccccc3)c2cc2c(=O)cc(C(=O)O)oc12. The predicted molar refractivity (Wildman–Crippen MR) is 116 cm³/mol. The van der Waals surface area contributed by atoms with E-state index < -0.39 is 23.1 Å². The number of aryl methyl sites for hydroxylation is 1. The van der Waals surface area contributed by atoms with E-state index in [0.717, 1.165) is 11.0 Å². The van der Waals surface area contributed by atoms with Crippen LogP contribution < -0.4 is 5.43 Å². The second-order valence-corrected chi connectivity index (χ2v) is 8.00. The van der Waals surface area contributed by atoms with Gasteiger partial charge in [-0.05, 0) is 30.7 Å². The van der Waals surface area contributed by atoms with Crippen LogP contribution in [0.2, 0.25) is 0 Å². The highest BCUT2D eigenvalue weighted by Gasteiger charge is 2.21. The van der Waals surface area contributed by atoms with Crippen LogP contribution in [0.25, 0.3) is 21.9 Å². The van der Waals surface area contributed by atoms with Crippen molar-refractivity contribution in [2.24, 2.45) is 0 Å². The van der Waals surface area contributed by atoms with Gasteiger partial charge in [-0.15, -0.1) is 0 Å². The number of pyridine rings is 1. The first-order chi connectivity index (χ1) is 14.9. The van der Waals surface area contributed by atoms with Crippen molar-refractivity contribution in [3.63, 3.8) is 0 Å². The summed E-state index contributed by atoms with van der Waals surface area (Å²) >= 11 is 1.37. The van der Waals surface area contributed by atoms with E-state index in [4.69, 9.17) is 4.42 Å². The Morgan fingerprint density at radius 2 is 1.77 bits per heavy atom. The van der Waals surface area contributed by atoms with E-state index >= 15 is 0 Å². The van der Waals surface area contributed by atoms with E-state index in [0.29, 0.717) is 34.2 Å². The highest BCUT2D eigenvalue weighted by Crippen LogP contribution is 2.37. The minimum atomic E-state index is -1.35. The maximum Gasteiger partial charge on any atom is 0.371 e. The van der Waals surface area contributed by atoms with Gasteiger partial charge in [0, 0.05) is 26.8 Å². The Kier molecular flexibility index (Phi) is 5.48. The van der Waals surface area contributed by atoms with Crippen molar-refractivity contribution in [1.29, 1.82) is 0 Å². The molecule has 0 radical (unpaired) electrons. The van der Waals surface area contributed by atoms with Gasteiger partial charge in [0.05, 0.1) is 10.9 Å². The Hall–Kier alpha value is -3.65. The summed E-state index contributed by atoms with van der Waals surface area (Å²) in [5.41, 5.74) is 0.423. The fourth-order valence-electron chi connectivity index (χ4n) is 3.41. The third kappa shape index (κ3) is 3.89. The molecule has 0 aliphatic carbocycles. The molecule has 0 unspecified atom stereocenters. The molecular formula is C23H17NO6S. The summed E-state index contributed by atoms with van der Waals surface area (Å²) < 4.78 is 5.56. The van der Waals surface area contributed by atoms with E-state index in [9.17, 15) is 24.6 Å². The minimum absolute atomic E-state index is 0.130. The lowest BCUT2D eigenvalue weighted by atomic mass is 10.0. The van der Waals surface area contributed by atoms with Crippen molar-refractivity contribution >= 4 is 45.6 Å². The quantitative estimate of drug-likeness (QED) is 0.413. The average molecular weight is 435 g/mol. The summed E-state index contributed by atoms with van der Waals surface area (Å²) in [5, 5.41) is 19.8. The summed E-state index contributed by atoms with van der Waals surface area (Å²) in [6, 6.07) is 13.5. The highest BCUT2D eigenvalue weighted by atomic mass is 32.2. The van der Waals surface area contributed by atoms with Gasteiger partial charge in [-0.2, -0.15) is 0 Å². The van der Waals surface area contributed by atoms with E-state index in [1.54, 1.807) is 6.07 Å². The molecule has 156 valence electrons. The van der Waals surface area contributed by atoms with Crippen LogP contribution in [0.5, 0.6) is 0 Å². The Morgan fingerprint density at radius 3 is 2.42 bits per heavy atom. The molecule has 2 aromatic carbocycles. The Morgan fingerprint density at radius 1 is 1.03 bits per heavy atom. The summed E-state index contributed by atoms with van der Waals surface area (Å²) in [4.78, 5) is 41.7. The molecule has 0 spiro atoms. The molecule has 0 fully saturated rings. The lowest BCUT2D eigenvalue weighted by molar-refractivity contribution is 0.0659. The van der Waals surface area contributed by atoms with Gasteiger partial charge >= 0.3 is 11.9 Å². The molecule has 4 aromatic rings. The number of benzene rings is 2. The maximum atomic E-state index is 12.7. The van der Waals surface area contributed by atoms with Crippen LogP contribution in [0.15, 0.2) is 67.5 Å². The fraction of sp³-hybridized carbons (Fsp3) is 0.130. The summed E-state index contributed by atoms with van der Waals surface area (Å²) in [6.07, 6.45) is 1.10. The molecule has 0 atom stereocenters. The zero-order valence-corrected chi connectivity index (χ0v) is 17.2. The molecule has 4 rings (SSSR count). The zero-order valence-electron chi connectivity index (χ0n) is 16.4. The van der Waals surface area contributed by atoms with Crippen LogP contribution in [0.1, 0.15) is 40.0 Å². The van der Waals surface area contributed by atoms with E-state index in [1.165, 1.54) is 17.8 Å². The van der Waals surface area contributed by atoms with Crippen LogP contribution in [0.3, 0.4) is 0 Å². The van der Waals surface area contributed by atoms with Crippen LogP contribution in [-0.2, 0) is 6.42 Å². The van der Waals surface area contributed by atoms with Crippen molar-refractivity contribution in [2.75, 3.05) is 0 Å². The molecule has 0 bridgehead atoms. The number of fused-ring (bicyclic) bond motifs is 2. The number of rotatable bonds is 6. The van der Waals surface area contributed by atoms with Gasteiger partial charge in [0.25, 0.3) is 0 Å². The smallest absolute Gasteiger partial charge is 0.371 e. The molecular weight excluding hydrogens is 418 g/mol. The monoisotopic (exact) mass is 435 g/mol. The van der Waals surface area contributed by atoms with Crippen LogP contribution in [-0.4, -0.2) is 27.1 Å². The van der Waals surface area contributed by atoms with Gasteiger partial charge in [0.2, 0.25) is 5.76 Å². The average Bonchev–Trinajstić information content (AvgIpc) is 2.74. The Bertz CT molecular complexity index is 1390. The molecule has 0 aliphatic rings. The van der Waals surface area contributed by atoms with Crippen LogP contribution in [0.4, 0.5) is 0 Å². The number of carboxylic acids is 2. The van der Waals surface area contributed by atoms with Gasteiger partial charge < -0.3 is 14.6 Å². The van der Waals surface area contributed by atoms with Crippen molar-refractivity contribution in [1.82, 2.24) is 4.98 Å². The predicted octanol–water partition coefficient (Wildman–Crippen LogP) is 4.84. The Labute approximate surface area is 180 Å². The number of hydrogen-bond acceptors (Lipinski definition) is 6. The maximum absolute atomic E-state index is 12.7. The van der Waals surface area contributed by atoms with Crippen molar-refractivity contribution in [3.05, 3.63) is 75.8 Å². The summed E-state index contributed by atoms with van der Waals surface area (Å²) in [6.45, 7) is 1.92. The van der Waals surface area contributed by atoms with Gasteiger partial charge in [0.1, 0.15) is 11.3 Å². The normalized spacial score (nSPS) is 11.1. The van der Waals surface area contributed by atoms with Crippen LogP contribution in [0, 0.1) is 0 Å². The summed E-state index contributed by atoms with van der Waals surface area (Å²) in [5.74, 6) is -3.00. The van der Waals surface area contributed by atoms with Gasteiger partial charge in [-0.1, -0.05) is 43.3 Å². The topological polar surface area (TPSA) is 118 Å². The molecule has 2 aromatic heterocycles. The molecule has 2 N–H and O–H groups in total. The standard InChI is InChI=1S/C23H17NO6S/c1-2-6-13-20-15(9-14-17(25)11-18(23(28)29)30-21(13)14)19(10-16(24-20)22(26)27)31-12-7-4-3-5-8-12/h3-5,7-11H,2,6H2,1H3,(H,26,27)(H,28,29). The van der Waals surface area contributed by atoms with E-state index in [2.05, 4.69) is 4.98 Å². The highest BCUT2D eigenvalue weighted by molar-refractivity contribution is 7.99. The van der Waals surface area contributed by atoms with E-state index in [1.807, 2.05) is 37.3 Å². The molecule has 0 aliphatic heterocycles. The molecule has 0 saturated heterocycles. The molecule has 31 heavy (non-hydrogen) atoms. The van der Waals surface area contributed by atoms with E-state index in [-0.39, 0.29) is 16.7 Å². The first kappa shape index (κ1) is 20.6. The second kappa shape index (κ2) is 8.23. The van der Waals surface area contributed by atoms with Gasteiger partial charge in [-0.3, -0.25) is 4.79 Å².